The van der Waals surface area contributed by atoms with Crippen molar-refractivity contribution in [2.45, 2.75) is 0 Å². The number of methoxy groups -OCH3 is 6. The van der Waals surface area contributed by atoms with E-state index in [1.165, 1.54) is 0 Å². The minimum absolute atomic E-state index is 0.261. The number of ether oxygens (including phenoxy) is 6. The summed E-state index contributed by atoms with van der Waals surface area (Å²) in [6, 6.07) is 30.5. The molecule has 5 aromatic rings. The maximum absolute atomic E-state index is 11.7. The molecule has 0 bridgehead atoms. The fraction of sp³-hybridized carbons (Fsp3) is 0.167. The molecule has 0 saturated carbocycles. The predicted octanol–water partition coefficient (Wildman–Crippen LogP) is 6.00. The van der Waals surface area contributed by atoms with Gasteiger partial charge in [0.05, 0.1) is 53.8 Å². The molecule has 9 nitrogen and oxygen atoms in total. The molecule has 1 unspecified atom stereocenters. The van der Waals surface area contributed by atoms with Crippen LogP contribution >= 0.6 is 7.92 Å². The molecule has 0 radical (unpaired) electrons. The summed E-state index contributed by atoms with van der Waals surface area (Å²) in [5.41, 5.74) is 3.31. The average Bonchev–Trinajstić information content (AvgIpc) is 3.11. The van der Waals surface area contributed by atoms with Crippen LogP contribution in [-0.2, 0) is 11.4 Å². The van der Waals surface area contributed by atoms with Crippen LogP contribution < -0.4 is 48.5 Å². The Hall–Kier alpha value is -4.76. The molecule has 0 N–H and O–H groups in total. The van der Waals surface area contributed by atoms with Crippen LogP contribution in [-0.4, -0.2) is 51.4 Å². The molecule has 0 spiro atoms. The first-order valence-corrected chi connectivity index (χ1v) is 16.7. The van der Waals surface area contributed by atoms with Gasteiger partial charge >= 0.3 is 0 Å². The van der Waals surface area contributed by atoms with Gasteiger partial charge in [-0.15, -0.1) is 0 Å². The van der Waals surface area contributed by atoms with Gasteiger partial charge in [-0.05, 0) is 35.7 Å². The Morgan fingerprint density at radius 1 is 0.511 bits per heavy atom. The van der Waals surface area contributed by atoms with Gasteiger partial charge in [0.2, 0.25) is 0 Å². The molecular weight excluding hydrogens is 639 g/mol. The minimum atomic E-state index is -2.75. The van der Waals surface area contributed by atoms with Crippen molar-refractivity contribution in [1.82, 2.24) is 0 Å². The van der Waals surface area contributed by atoms with Crippen LogP contribution in [0, 0.1) is 0 Å². The second-order valence-electron chi connectivity index (χ2n) is 10.00. The average molecular weight is 674 g/mol. The first-order valence-electron chi connectivity index (χ1n) is 14.3. The number of benzene rings is 5. The van der Waals surface area contributed by atoms with Crippen molar-refractivity contribution in [3.63, 3.8) is 0 Å². The number of rotatable bonds is 13. The van der Waals surface area contributed by atoms with E-state index < -0.39 is 19.3 Å². The topological polar surface area (TPSA) is 105 Å². The molecule has 0 fully saturated rings. The molecule has 1 atom stereocenters. The summed E-state index contributed by atoms with van der Waals surface area (Å²) in [5.74, 6) is 3.91. The molecule has 5 rings (SSSR count). The third-order valence-corrected chi connectivity index (χ3v) is 10.3. The lowest BCUT2D eigenvalue weighted by molar-refractivity contribution is 0.377. The van der Waals surface area contributed by atoms with Gasteiger partial charge in [-0.3, -0.25) is 0 Å². The van der Waals surface area contributed by atoms with Crippen molar-refractivity contribution < 1.29 is 41.4 Å². The highest BCUT2D eigenvalue weighted by Crippen LogP contribution is 2.45. The van der Waals surface area contributed by atoms with Crippen molar-refractivity contribution in [3.8, 4) is 62.5 Å². The number of hydrogen-bond acceptors (Lipinski definition) is 9. The Kier molecular flexibility index (Phi) is 10.9. The Morgan fingerprint density at radius 3 is 1.23 bits per heavy atom. The first kappa shape index (κ1) is 33.6. The van der Waals surface area contributed by atoms with E-state index in [0.29, 0.717) is 34.5 Å². The summed E-state index contributed by atoms with van der Waals surface area (Å²) in [6.07, 6.45) is 0. The second-order valence-corrected chi connectivity index (χ2v) is 12.8. The SMILES string of the molecule is COc1cc(OC)c(-c2ccc(P(c3ccc(-c4c(OC)cc(OC)cc4OC)cc3)c3ccccc3OS(=O)[O-])cc2)c(OC)c1. The summed E-state index contributed by atoms with van der Waals surface area (Å²) >= 11 is -2.75. The summed E-state index contributed by atoms with van der Waals surface area (Å²) in [5, 5.41) is 2.68. The zero-order valence-corrected chi connectivity index (χ0v) is 28.5. The first-order chi connectivity index (χ1) is 22.8. The van der Waals surface area contributed by atoms with Crippen LogP contribution in [0.2, 0.25) is 0 Å². The fourth-order valence-corrected chi connectivity index (χ4v) is 8.03. The zero-order valence-electron chi connectivity index (χ0n) is 26.8. The van der Waals surface area contributed by atoms with Gasteiger partial charge in [0.15, 0.2) is 0 Å². The van der Waals surface area contributed by atoms with Crippen molar-refractivity contribution in [2.75, 3.05) is 42.7 Å². The molecular formula is C36H34O9PS-. The maximum Gasteiger partial charge on any atom is 0.147 e. The minimum Gasteiger partial charge on any atom is -0.740 e. The van der Waals surface area contributed by atoms with Gasteiger partial charge in [0.1, 0.15) is 51.6 Å². The van der Waals surface area contributed by atoms with Gasteiger partial charge in [-0.1, -0.05) is 66.7 Å². The largest absolute Gasteiger partial charge is 0.740 e. The normalized spacial score (nSPS) is 11.5. The van der Waals surface area contributed by atoms with Crippen LogP contribution in [0.25, 0.3) is 22.3 Å². The number of hydrogen-bond donors (Lipinski definition) is 0. The third kappa shape index (κ3) is 7.15. The molecule has 0 saturated heterocycles. The summed E-state index contributed by atoms with van der Waals surface area (Å²) in [4.78, 5) is 0. The molecule has 0 aliphatic heterocycles. The Morgan fingerprint density at radius 2 is 0.894 bits per heavy atom. The highest BCUT2D eigenvalue weighted by molar-refractivity contribution is 7.80. The molecule has 47 heavy (non-hydrogen) atoms. The summed E-state index contributed by atoms with van der Waals surface area (Å²) in [6.45, 7) is 0. The Labute approximate surface area is 278 Å². The summed E-state index contributed by atoms with van der Waals surface area (Å²) in [7, 11) is 8.29. The molecule has 0 heterocycles. The second kappa shape index (κ2) is 15.2. The van der Waals surface area contributed by atoms with E-state index in [1.807, 2.05) is 84.9 Å². The fourth-order valence-electron chi connectivity index (χ4n) is 5.35. The quantitative estimate of drug-likeness (QED) is 0.110. The van der Waals surface area contributed by atoms with E-state index in [0.717, 1.165) is 38.2 Å². The monoisotopic (exact) mass is 673 g/mol. The smallest absolute Gasteiger partial charge is 0.147 e. The molecule has 0 amide bonds. The third-order valence-electron chi connectivity index (χ3n) is 7.52. The molecule has 0 aromatic heterocycles. The zero-order chi connectivity index (χ0) is 33.5. The van der Waals surface area contributed by atoms with Crippen molar-refractivity contribution in [2.24, 2.45) is 0 Å². The van der Waals surface area contributed by atoms with E-state index in [-0.39, 0.29) is 5.75 Å². The van der Waals surface area contributed by atoms with E-state index in [1.54, 1.807) is 54.8 Å². The highest BCUT2D eigenvalue weighted by atomic mass is 32.2. The molecule has 244 valence electrons. The van der Waals surface area contributed by atoms with Crippen molar-refractivity contribution >= 4 is 35.2 Å². The van der Waals surface area contributed by atoms with Gasteiger partial charge in [-0.2, -0.15) is 0 Å². The lowest BCUT2D eigenvalue weighted by Crippen LogP contribution is -2.22. The lowest BCUT2D eigenvalue weighted by Gasteiger charge is -2.23. The van der Waals surface area contributed by atoms with Gasteiger partial charge in [0.25, 0.3) is 0 Å². The Balaban J connectivity index is 1.63. The van der Waals surface area contributed by atoms with Gasteiger partial charge in [-0.25, -0.2) is 4.21 Å². The standard InChI is InChI=1S/C36H35O9PS/c1-39-25-19-30(41-3)35(31(20-25)42-4)23-11-15-27(16-12-23)46(34-10-8-7-9-29(34)45-47(37)38)28-17-13-24(14-18-28)36-32(43-5)21-26(40-2)22-33(36)44-6/h7-22H,1-6H3,(H,37,38)/p-1. The van der Waals surface area contributed by atoms with Crippen LogP contribution in [0.3, 0.4) is 0 Å². The molecule has 11 heteroatoms. The van der Waals surface area contributed by atoms with Gasteiger partial charge in [0, 0.05) is 29.6 Å². The lowest BCUT2D eigenvalue weighted by atomic mass is 10.0. The van der Waals surface area contributed by atoms with Crippen molar-refractivity contribution in [1.29, 1.82) is 0 Å². The molecule has 0 aliphatic carbocycles. The van der Waals surface area contributed by atoms with Crippen molar-refractivity contribution in [3.05, 3.63) is 97.1 Å². The Bertz CT molecular complexity index is 1700. The van der Waals surface area contributed by atoms with Crippen LogP contribution in [0.5, 0.6) is 40.2 Å². The van der Waals surface area contributed by atoms with Crippen LogP contribution in [0.1, 0.15) is 0 Å². The maximum atomic E-state index is 11.7. The predicted molar refractivity (Wildman–Crippen MR) is 185 cm³/mol. The van der Waals surface area contributed by atoms with Crippen LogP contribution in [0.4, 0.5) is 0 Å². The highest BCUT2D eigenvalue weighted by Gasteiger charge is 2.23. The van der Waals surface area contributed by atoms with Gasteiger partial charge < -0.3 is 37.2 Å². The van der Waals surface area contributed by atoms with E-state index in [4.69, 9.17) is 32.6 Å². The summed E-state index contributed by atoms with van der Waals surface area (Å²) < 4.78 is 62.2. The van der Waals surface area contributed by atoms with E-state index >= 15 is 0 Å². The number of para-hydroxylation sites is 1. The van der Waals surface area contributed by atoms with Crippen LogP contribution in [0.15, 0.2) is 97.1 Å². The molecule has 5 aromatic carbocycles. The van der Waals surface area contributed by atoms with E-state index in [2.05, 4.69) is 0 Å². The van der Waals surface area contributed by atoms with E-state index in [9.17, 15) is 8.76 Å². The molecule has 0 aliphatic rings.